The Kier molecular flexibility index (Phi) is 7.13. The van der Waals surface area contributed by atoms with Gasteiger partial charge in [-0.25, -0.2) is 9.78 Å². The second-order valence-electron chi connectivity index (χ2n) is 8.73. The average Bonchev–Trinajstić information content (AvgIpc) is 3.13. The second kappa shape index (κ2) is 9.60. The molecule has 1 fully saturated rings. The number of aromatic nitrogens is 1. The first-order chi connectivity index (χ1) is 14.2. The number of aryl methyl sites for hydroxylation is 1. The molecule has 0 spiro atoms. The highest BCUT2D eigenvalue weighted by Crippen LogP contribution is 2.22. The number of carbonyl (C=O) groups is 2. The molecule has 1 aliphatic rings. The van der Waals surface area contributed by atoms with E-state index in [1.807, 2.05) is 27.7 Å². The summed E-state index contributed by atoms with van der Waals surface area (Å²) in [4.78, 5) is 30.8. The molecule has 2 heterocycles. The lowest BCUT2D eigenvalue weighted by Gasteiger charge is -2.32. The molecule has 1 aromatic heterocycles. The van der Waals surface area contributed by atoms with Crippen molar-refractivity contribution in [2.75, 3.05) is 19.6 Å². The van der Waals surface area contributed by atoms with E-state index in [-0.39, 0.29) is 17.9 Å². The number of nitrogens with one attached hydrogen (secondary N) is 1. The highest BCUT2D eigenvalue weighted by molar-refractivity contribution is 7.09. The van der Waals surface area contributed by atoms with Crippen molar-refractivity contribution in [2.24, 2.45) is 5.92 Å². The number of hydrogen-bond donors (Lipinski definition) is 1. The summed E-state index contributed by atoms with van der Waals surface area (Å²) in [6.07, 6.45) is 1.84. The molecule has 7 heteroatoms. The molecule has 0 atom stereocenters. The van der Waals surface area contributed by atoms with Crippen molar-refractivity contribution in [3.63, 3.8) is 0 Å². The Morgan fingerprint density at radius 3 is 2.43 bits per heavy atom. The van der Waals surface area contributed by atoms with Crippen LogP contribution in [0.3, 0.4) is 0 Å². The van der Waals surface area contributed by atoms with Crippen LogP contribution in [0.15, 0.2) is 29.6 Å². The van der Waals surface area contributed by atoms with Gasteiger partial charge < -0.3 is 15.0 Å². The van der Waals surface area contributed by atoms with Gasteiger partial charge in [-0.1, -0.05) is 24.3 Å². The number of hydrogen-bond acceptors (Lipinski definition) is 5. The lowest BCUT2D eigenvalue weighted by Crippen LogP contribution is -2.45. The number of amides is 2. The zero-order valence-electron chi connectivity index (χ0n) is 18.2. The number of ether oxygens (including phenoxy) is 1. The summed E-state index contributed by atoms with van der Waals surface area (Å²) in [6.45, 7) is 9.32. The van der Waals surface area contributed by atoms with Crippen LogP contribution in [-0.2, 0) is 16.0 Å². The van der Waals surface area contributed by atoms with E-state index >= 15 is 0 Å². The quantitative estimate of drug-likeness (QED) is 0.763. The molecule has 2 aromatic rings. The van der Waals surface area contributed by atoms with Gasteiger partial charge in [0.15, 0.2) is 0 Å². The van der Waals surface area contributed by atoms with Crippen LogP contribution in [0, 0.1) is 12.8 Å². The molecule has 3 rings (SSSR count). The summed E-state index contributed by atoms with van der Waals surface area (Å²) in [5.41, 5.74) is 2.81. The minimum Gasteiger partial charge on any atom is -0.444 e. The van der Waals surface area contributed by atoms with E-state index in [0.717, 1.165) is 22.7 Å². The Labute approximate surface area is 182 Å². The Hall–Kier alpha value is -2.41. The number of likely N-dealkylation sites (tertiary alicyclic amines) is 1. The minimum atomic E-state index is -0.497. The molecular weight excluding hydrogens is 398 g/mol. The third-order valence-electron chi connectivity index (χ3n) is 5.10. The molecule has 0 bridgehead atoms. The van der Waals surface area contributed by atoms with Gasteiger partial charge in [0, 0.05) is 36.5 Å². The van der Waals surface area contributed by atoms with E-state index in [1.54, 1.807) is 16.2 Å². The first-order valence-corrected chi connectivity index (χ1v) is 11.4. The van der Waals surface area contributed by atoms with Gasteiger partial charge in [0.2, 0.25) is 5.91 Å². The maximum absolute atomic E-state index is 12.5. The normalized spacial score (nSPS) is 15.1. The molecule has 30 heavy (non-hydrogen) atoms. The van der Waals surface area contributed by atoms with Gasteiger partial charge in [0.25, 0.3) is 0 Å². The number of benzene rings is 1. The summed E-state index contributed by atoms with van der Waals surface area (Å²) in [5, 5.41) is 6.18. The van der Waals surface area contributed by atoms with E-state index in [1.165, 1.54) is 5.56 Å². The number of rotatable bonds is 5. The van der Waals surface area contributed by atoms with Crippen molar-refractivity contribution >= 4 is 23.3 Å². The van der Waals surface area contributed by atoms with Gasteiger partial charge in [0.1, 0.15) is 5.60 Å². The predicted octanol–water partition coefficient (Wildman–Crippen LogP) is 4.42. The molecule has 6 nitrogen and oxygen atoms in total. The first kappa shape index (κ1) is 22.3. The van der Waals surface area contributed by atoms with Crippen LogP contribution in [-0.4, -0.2) is 47.1 Å². The molecule has 1 saturated heterocycles. The highest BCUT2D eigenvalue weighted by atomic mass is 32.1. The largest absolute Gasteiger partial charge is 0.444 e. The van der Waals surface area contributed by atoms with E-state index < -0.39 is 5.60 Å². The van der Waals surface area contributed by atoms with Crippen LogP contribution >= 0.6 is 11.3 Å². The molecule has 162 valence electrons. The van der Waals surface area contributed by atoms with Crippen molar-refractivity contribution in [1.29, 1.82) is 0 Å². The van der Waals surface area contributed by atoms with Crippen molar-refractivity contribution in [1.82, 2.24) is 15.2 Å². The van der Waals surface area contributed by atoms with E-state index in [2.05, 4.69) is 39.9 Å². The second-order valence-corrected chi connectivity index (χ2v) is 9.79. The molecule has 0 saturated carbocycles. The van der Waals surface area contributed by atoms with Crippen LogP contribution in [0.1, 0.15) is 44.2 Å². The van der Waals surface area contributed by atoms with Crippen LogP contribution in [0.25, 0.3) is 11.3 Å². The third kappa shape index (κ3) is 6.29. The zero-order chi connectivity index (χ0) is 21.7. The Morgan fingerprint density at radius 2 is 1.87 bits per heavy atom. The molecule has 0 aliphatic carbocycles. The average molecular weight is 430 g/mol. The Bertz CT molecular complexity index is 863. The molecular formula is C23H31N3O3S. The number of piperidine rings is 1. The Balaban J connectivity index is 1.39. The summed E-state index contributed by atoms with van der Waals surface area (Å²) in [5.74, 6) is 0.0346. The van der Waals surface area contributed by atoms with Crippen LogP contribution in [0.2, 0.25) is 0 Å². The number of nitrogens with zero attached hydrogens (tertiary/aromatic N) is 2. The molecule has 1 N–H and O–H groups in total. The summed E-state index contributed by atoms with van der Waals surface area (Å²) in [7, 11) is 0. The molecule has 2 amide bonds. The SMILES string of the molecule is Cc1nc(-c2ccc(CCNC(=O)C3CCN(C(=O)OC(C)(C)C)CC3)cc2)cs1. The summed E-state index contributed by atoms with van der Waals surface area (Å²) >= 11 is 1.65. The van der Waals surface area contributed by atoms with Gasteiger partial charge in [-0.2, -0.15) is 0 Å². The Morgan fingerprint density at radius 1 is 1.20 bits per heavy atom. The fourth-order valence-corrected chi connectivity index (χ4v) is 4.09. The van der Waals surface area contributed by atoms with E-state index in [9.17, 15) is 9.59 Å². The lowest BCUT2D eigenvalue weighted by molar-refractivity contribution is -0.126. The van der Waals surface area contributed by atoms with Crippen molar-refractivity contribution in [2.45, 2.75) is 52.6 Å². The van der Waals surface area contributed by atoms with E-state index in [0.29, 0.717) is 32.5 Å². The van der Waals surface area contributed by atoms with E-state index in [4.69, 9.17) is 4.74 Å². The van der Waals surface area contributed by atoms with Gasteiger partial charge in [-0.3, -0.25) is 4.79 Å². The molecule has 0 radical (unpaired) electrons. The molecule has 1 aromatic carbocycles. The lowest BCUT2D eigenvalue weighted by atomic mass is 9.96. The van der Waals surface area contributed by atoms with Gasteiger partial charge in [-0.15, -0.1) is 11.3 Å². The monoisotopic (exact) mass is 429 g/mol. The fourth-order valence-electron chi connectivity index (χ4n) is 3.46. The highest BCUT2D eigenvalue weighted by Gasteiger charge is 2.29. The smallest absolute Gasteiger partial charge is 0.410 e. The van der Waals surface area contributed by atoms with Gasteiger partial charge in [0.05, 0.1) is 10.7 Å². The number of carbonyl (C=O) groups excluding carboxylic acids is 2. The standard InChI is InChI=1S/C23H31N3O3S/c1-16-25-20(15-30-16)18-7-5-17(6-8-18)9-12-24-21(27)19-10-13-26(14-11-19)22(28)29-23(2,3)4/h5-8,15,19H,9-14H2,1-4H3,(H,24,27). The maximum atomic E-state index is 12.5. The van der Waals surface area contributed by atoms with Crippen molar-refractivity contribution < 1.29 is 14.3 Å². The molecule has 0 unspecified atom stereocenters. The summed E-state index contributed by atoms with van der Waals surface area (Å²) in [6, 6.07) is 8.35. The maximum Gasteiger partial charge on any atom is 0.410 e. The fraction of sp³-hybridized carbons (Fsp3) is 0.522. The van der Waals surface area contributed by atoms with Crippen molar-refractivity contribution in [3.05, 3.63) is 40.2 Å². The molecule has 1 aliphatic heterocycles. The van der Waals surface area contributed by atoms with Gasteiger partial charge >= 0.3 is 6.09 Å². The van der Waals surface area contributed by atoms with Crippen LogP contribution in [0.5, 0.6) is 0 Å². The topological polar surface area (TPSA) is 71.5 Å². The summed E-state index contributed by atoms with van der Waals surface area (Å²) < 4.78 is 5.41. The van der Waals surface area contributed by atoms with Crippen LogP contribution in [0.4, 0.5) is 4.79 Å². The predicted molar refractivity (Wildman–Crippen MR) is 120 cm³/mol. The van der Waals surface area contributed by atoms with Gasteiger partial charge in [-0.05, 0) is 52.5 Å². The number of thiazole rings is 1. The minimum absolute atomic E-state index is 0.0426. The zero-order valence-corrected chi connectivity index (χ0v) is 19.1. The first-order valence-electron chi connectivity index (χ1n) is 10.5. The van der Waals surface area contributed by atoms with Crippen LogP contribution < -0.4 is 5.32 Å². The van der Waals surface area contributed by atoms with Crippen molar-refractivity contribution in [3.8, 4) is 11.3 Å². The third-order valence-corrected chi connectivity index (χ3v) is 5.87.